The van der Waals surface area contributed by atoms with Gasteiger partial charge in [-0.1, -0.05) is 30.3 Å². The molecule has 1 aliphatic carbocycles. The van der Waals surface area contributed by atoms with Crippen molar-refractivity contribution in [1.29, 1.82) is 0 Å². The van der Waals surface area contributed by atoms with Crippen LogP contribution in [0.1, 0.15) is 30.1 Å². The largest absolute Gasteiger partial charge is 0.484 e. The molecule has 0 aromatic heterocycles. The molecule has 5 N–H and O–H groups in total. The molecule has 142 valence electrons. The third kappa shape index (κ3) is 3.91. The van der Waals surface area contributed by atoms with Crippen molar-refractivity contribution in [1.82, 2.24) is 4.90 Å². The van der Waals surface area contributed by atoms with Gasteiger partial charge in [0.05, 0.1) is 6.04 Å². The number of fused-ring (bicyclic) bond motifs is 1. The van der Waals surface area contributed by atoms with E-state index in [4.69, 9.17) is 16.2 Å². The lowest BCUT2D eigenvalue weighted by molar-refractivity contribution is 0.0593. The number of carbonyl (C=O) groups excluding carboxylic acids is 1. The van der Waals surface area contributed by atoms with Crippen LogP contribution >= 0.6 is 0 Å². The number of primary amides is 1. The van der Waals surface area contributed by atoms with Crippen molar-refractivity contribution in [2.75, 3.05) is 18.4 Å². The lowest BCUT2D eigenvalue weighted by atomic mass is 10.0. The van der Waals surface area contributed by atoms with Crippen LogP contribution in [0.15, 0.2) is 48.5 Å². The highest BCUT2D eigenvalue weighted by molar-refractivity contribution is 5.87. The molecule has 3 atom stereocenters. The molecule has 0 bridgehead atoms. The lowest BCUT2D eigenvalue weighted by Gasteiger charge is -2.38. The summed E-state index contributed by atoms with van der Waals surface area (Å²) in [4.78, 5) is 13.6. The summed E-state index contributed by atoms with van der Waals surface area (Å²) < 4.78 is 6.45. The minimum Gasteiger partial charge on any atom is -0.484 e. The number of urea groups is 1. The van der Waals surface area contributed by atoms with Crippen molar-refractivity contribution in [3.05, 3.63) is 59.7 Å². The van der Waals surface area contributed by atoms with E-state index in [1.165, 1.54) is 11.1 Å². The summed E-state index contributed by atoms with van der Waals surface area (Å²) in [5, 5.41) is 2.60. The highest BCUT2D eigenvalue weighted by Gasteiger charge is 2.39. The number of anilines is 1. The molecule has 1 fully saturated rings. The molecule has 0 saturated carbocycles. The molecule has 2 amide bonds. The van der Waals surface area contributed by atoms with Crippen molar-refractivity contribution >= 4 is 11.7 Å². The van der Waals surface area contributed by atoms with Gasteiger partial charge in [-0.15, -0.1) is 0 Å². The SMILES string of the molecule is NC(=O)Nc1cccc(O[C@H]2c3ccccc3C[C@@H]2N2CCC[C@@H](N)C2)c1. The van der Waals surface area contributed by atoms with Crippen molar-refractivity contribution in [3.8, 4) is 5.75 Å². The second kappa shape index (κ2) is 7.58. The molecule has 0 radical (unpaired) electrons. The van der Waals surface area contributed by atoms with Crippen LogP contribution in [0.25, 0.3) is 0 Å². The van der Waals surface area contributed by atoms with E-state index in [1.54, 1.807) is 6.07 Å². The number of carbonyl (C=O) groups is 1. The van der Waals surface area contributed by atoms with Crippen LogP contribution in [0.2, 0.25) is 0 Å². The predicted molar refractivity (Wildman–Crippen MR) is 106 cm³/mol. The number of piperidine rings is 1. The van der Waals surface area contributed by atoms with Crippen molar-refractivity contribution in [2.24, 2.45) is 11.5 Å². The Labute approximate surface area is 159 Å². The van der Waals surface area contributed by atoms with E-state index in [0.717, 1.165) is 32.4 Å². The van der Waals surface area contributed by atoms with E-state index in [-0.39, 0.29) is 18.2 Å². The molecule has 0 spiro atoms. The minimum absolute atomic E-state index is 0.0599. The summed E-state index contributed by atoms with van der Waals surface area (Å²) in [7, 11) is 0. The number of nitrogens with zero attached hydrogens (tertiary/aromatic N) is 1. The van der Waals surface area contributed by atoms with E-state index < -0.39 is 6.03 Å². The number of amides is 2. The number of hydrogen-bond donors (Lipinski definition) is 3. The Morgan fingerprint density at radius 1 is 1.19 bits per heavy atom. The van der Waals surface area contributed by atoms with Crippen LogP contribution in [-0.4, -0.2) is 36.1 Å². The first kappa shape index (κ1) is 17.8. The maximum absolute atomic E-state index is 11.1. The Hall–Kier alpha value is -2.57. The molecule has 6 heteroatoms. The Kier molecular flexibility index (Phi) is 5.01. The average Bonchev–Trinajstić information content (AvgIpc) is 3.00. The van der Waals surface area contributed by atoms with E-state index in [0.29, 0.717) is 11.4 Å². The van der Waals surface area contributed by atoms with Gasteiger partial charge in [0.15, 0.2) is 0 Å². The fourth-order valence-electron chi connectivity index (χ4n) is 4.28. The third-order valence-corrected chi connectivity index (χ3v) is 5.46. The molecule has 6 nitrogen and oxygen atoms in total. The number of nitrogens with two attached hydrogens (primary N) is 2. The van der Waals surface area contributed by atoms with Crippen molar-refractivity contribution < 1.29 is 9.53 Å². The fraction of sp³-hybridized carbons (Fsp3) is 0.381. The molecule has 2 aliphatic rings. The van der Waals surface area contributed by atoms with Gasteiger partial charge >= 0.3 is 6.03 Å². The third-order valence-electron chi connectivity index (χ3n) is 5.46. The van der Waals surface area contributed by atoms with Gasteiger partial charge in [-0.2, -0.15) is 0 Å². The molecule has 4 rings (SSSR count). The predicted octanol–water partition coefficient (Wildman–Crippen LogP) is 2.65. The Morgan fingerprint density at radius 2 is 2.04 bits per heavy atom. The number of hydrogen-bond acceptors (Lipinski definition) is 4. The molecular weight excluding hydrogens is 340 g/mol. The monoisotopic (exact) mass is 366 g/mol. The van der Waals surface area contributed by atoms with Crippen molar-refractivity contribution in [3.63, 3.8) is 0 Å². The lowest BCUT2D eigenvalue weighted by Crippen LogP contribution is -2.49. The standard InChI is InChI=1S/C21H26N4O2/c22-15-6-4-10-25(13-15)19-11-14-5-1-2-9-18(14)20(19)27-17-8-3-7-16(12-17)24-21(23)26/h1-3,5,7-9,12,15,19-20H,4,6,10-11,13,22H2,(H3,23,24,26)/t15-,19+,20+/m1/s1. The Morgan fingerprint density at radius 3 is 2.85 bits per heavy atom. The molecule has 27 heavy (non-hydrogen) atoms. The Bertz CT molecular complexity index is 825. The molecule has 1 heterocycles. The number of ether oxygens (including phenoxy) is 1. The first-order valence-electron chi connectivity index (χ1n) is 9.51. The van der Waals surface area contributed by atoms with Crippen LogP contribution in [0.3, 0.4) is 0 Å². The van der Waals surface area contributed by atoms with Gasteiger partial charge in [-0.05, 0) is 49.1 Å². The maximum atomic E-state index is 11.1. The second-order valence-corrected chi connectivity index (χ2v) is 7.42. The number of nitrogens with one attached hydrogen (secondary N) is 1. The summed E-state index contributed by atoms with van der Waals surface area (Å²) >= 11 is 0. The molecule has 1 saturated heterocycles. The fourth-order valence-corrected chi connectivity index (χ4v) is 4.28. The van der Waals surface area contributed by atoms with E-state index >= 15 is 0 Å². The van der Waals surface area contributed by atoms with Crippen LogP contribution in [-0.2, 0) is 6.42 Å². The zero-order valence-corrected chi connectivity index (χ0v) is 15.3. The Balaban J connectivity index is 1.60. The van der Waals surface area contributed by atoms with Crippen LogP contribution < -0.4 is 21.5 Å². The summed E-state index contributed by atoms with van der Waals surface area (Å²) in [5.41, 5.74) is 14.6. The molecule has 1 aliphatic heterocycles. The smallest absolute Gasteiger partial charge is 0.316 e. The normalized spacial score (nSPS) is 25.0. The number of benzene rings is 2. The van der Waals surface area contributed by atoms with Gasteiger partial charge in [-0.25, -0.2) is 4.79 Å². The maximum Gasteiger partial charge on any atom is 0.316 e. The highest BCUT2D eigenvalue weighted by atomic mass is 16.5. The van der Waals surface area contributed by atoms with E-state index in [1.807, 2.05) is 18.2 Å². The molecular formula is C21H26N4O2. The number of likely N-dealkylation sites (tertiary alicyclic amines) is 1. The van der Waals surface area contributed by atoms with Gasteiger partial charge in [0.25, 0.3) is 0 Å². The molecule has 2 aromatic carbocycles. The van der Waals surface area contributed by atoms with E-state index in [2.05, 4.69) is 34.5 Å². The van der Waals surface area contributed by atoms with E-state index in [9.17, 15) is 4.79 Å². The van der Waals surface area contributed by atoms with Gasteiger partial charge < -0.3 is 21.5 Å². The summed E-state index contributed by atoms with van der Waals surface area (Å²) in [5.74, 6) is 0.717. The zero-order valence-electron chi connectivity index (χ0n) is 15.3. The summed E-state index contributed by atoms with van der Waals surface area (Å²) in [6.45, 7) is 1.96. The quantitative estimate of drug-likeness (QED) is 0.775. The average molecular weight is 366 g/mol. The van der Waals surface area contributed by atoms with Gasteiger partial charge in [0.2, 0.25) is 0 Å². The van der Waals surface area contributed by atoms with Crippen LogP contribution in [0.5, 0.6) is 5.75 Å². The minimum atomic E-state index is -0.585. The number of rotatable bonds is 4. The second-order valence-electron chi connectivity index (χ2n) is 7.42. The zero-order chi connectivity index (χ0) is 18.8. The molecule has 2 aromatic rings. The summed E-state index contributed by atoms with van der Waals surface area (Å²) in [6.07, 6.45) is 3.11. The summed E-state index contributed by atoms with van der Waals surface area (Å²) in [6, 6.07) is 15.7. The van der Waals surface area contributed by atoms with Gasteiger partial charge in [-0.3, -0.25) is 4.90 Å². The first-order chi connectivity index (χ1) is 13.1. The van der Waals surface area contributed by atoms with Gasteiger partial charge in [0, 0.05) is 24.3 Å². The highest BCUT2D eigenvalue weighted by Crippen LogP contribution is 2.39. The first-order valence-corrected chi connectivity index (χ1v) is 9.51. The van der Waals surface area contributed by atoms with Crippen molar-refractivity contribution in [2.45, 2.75) is 37.5 Å². The van der Waals surface area contributed by atoms with Crippen LogP contribution in [0.4, 0.5) is 10.5 Å². The van der Waals surface area contributed by atoms with Gasteiger partial charge in [0.1, 0.15) is 11.9 Å². The molecule has 0 unspecified atom stereocenters. The topological polar surface area (TPSA) is 93.6 Å². The van der Waals surface area contributed by atoms with Crippen LogP contribution in [0, 0.1) is 0 Å².